The number of hydrogen-bond acceptors (Lipinski definition) is 2. The van der Waals surface area contributed by atoms with Gasteiger partial charge in [0.2, 0.25) is 5.91 Å². The van der Waals surface area contributed by atoms with E-state index in [1.807, 2.05) is 4.90 Å². The largest absolute Gasteiger partial charge is 0.338 e. The first-order valence-corrected chi connectivity index (χ1v) is 5.91. The number of carbonyl (C=O) groups is 1. The van der Waals surface area contributed by atoms with E-state index in [4.69, 9.17) is 0 Å². The van der Waals surface area contributed by atoms with Gasteiger partial charge >= 0.3 is 0 Å². The normalized spacial score (nSPS) is 43.9. The van der Waals surface area contributed by atoms with Crippen LogP contribution in [-0.4, -0.2) is 42.7 Å². The summed E-state index contributed by atoms with van der Waals surface area (Å²) in [6.07, 6.45) is 1.91. The van der Waals surface area contributed by atoms with Crippen LogP contribution in [0.5, 0.6) is 0 Å². The van der Waals surface area contributed by atoms with Gasteiger partial charge in [-0.3, -0.25) is 4.79 Å². The van der Waals surface area contributed by atoms with Crippen LogP contribution in [0, 0.1) is 11.8 Å². The van der Waals surface area contributed by atoms with Crippen LogP contribution in [0.1, 0.15) is 19.3 Å². The van der Waals surface area contributed by atoms with E-state index < -0.39 is 6.17 Å². The van der Waals surface area contributed by atoms with Crippen molar-refractivity contribution in [2.45, 2.75) is 31.5 Å². The van der Waals surface area contributed by atoms with Gasteiger partial charge in [-0.05, 0) is 31.7 Å². The highest BCUT2D eigenvalue weighted by Crippen LogP contribution is 2.37. The molecule has 4 aliphatic rings. The molecule has 84 valence electrons. The van der Waals surface area contributed by atoms with Gasteiger partial charge < -0.3 is 10.2 Å². The van der Waals surface area contributed by atoms with E-state index in [-0.39, 0.29) is 11.8 Å². The molecule has 3 aliphatic heterocycles. The Morgan fingerprint density at radius 2 is 2.13 bits per heavy atom. The zero-order valence-electron chi connectivity index (χ0n) is 8.79. The van der Waals surface area contributed by atoms with Crippen LogP contribution in [0.15, 0.2) is 0 Å². The molecular formula is C11H17FN2O. The molecule has 4 atom stereocenters. The summed E-state index contributed by atoms with van der Waals surface area (Å²) in [5.41, 5.74) is 0. The molecule has 4 fully saturated rings. The molecule has 0 radical (unpaired) electrons. The molecule has 1 amide bonds. The molecule has 3 nitrogen and oxygen atoms in total. The van der Waals surface area contributed by atoms with E-state index >= 15 is 0 Å². The summed E-state index contributed by atoms with van der Waals surface area (Å²) in [7, 11) is 0. The zero-order chi connectivity index (χ0) is 10.4. The van der Waals surface area contributed by atoms with Crippen LogP contribution < -0.4 is 5.32 Å². The number of halogens is 1. The molecule has 1 N–H and O–H groups in total. The first kappa shape index (κ1) is 9.58. The predicted octanol–water partition coefficient (Wildman–Crippen LogP) is 0.555. The van der Waals surface area contributed by atoms with E-state index in [0.29, 0.717) is 18.4 Å². The highest BCUT2D eigenvalue weighted by atomic mass is 19.1. The van der Waals surface area contributed by atoms with Gasteiger partial charge in [0.05, 0.1) is 5.92 Å². The highest BCUT2D eigenvalue weighted by molar-refractivity contribution is 5.82. The van der Waals surface area contributed by atoms with E-state index in [1.54, 1.807) is 0 Å². The summed E-state index contributed by atoms with van der Waals surface area (Å²) >= 11 is 0. The minimum absolute atomic E-state index is 0.0703. The summed E-state index contributed by atoms with van der Waals surface area (Å²) in [4.78, 5) is 13.9. The van der Waals surface area contributed by atoms with Crippen molar-refractivity contribution in [1.82, 2.24) is 10.2 Å². The monoisotopic (exact) mass is 212 g/mol. The van der Waals surface area contributed by atoms with Crippen molar-refractivity contribution in [3.63, 3.8) is 0 Å². The van der Waals surface area contributed by atoms with E-state index in [2.05, 4.69) is 5.32 Å². The Morgan fingerprint density at radius 3 is 2.87 bits per heavy atom. The van der Waals surface area contributed by atoms with Crippen LogP contribution in [0.3, 0.4) is 0 Å². The fourth-order valence-electron chi connectivity index (χ4n) is 2.84. The summed E-state index contributed by atoms with van der Waals surface area (Å²) in [6.45, 7) is 2.76. The van der Waals surface area contributed by atoms with Crippen LogP contribution in [0.4, 0.5) is 4.39 Å². The molecule has 1 aliphatic carbocycles. The number of nitrogens with one attached hydrogen (secondary N) is 1. The average Bonchev–Trinajstić information content (AvgIpc) is 3.00. The molecule has 4 heteroatoms. The van der Waals surface area contributed by atoms with Crippen molar-refractivity contribution in [3.8, 4) is 0 Å². The SMILES string of the molecule is O=C(C1C[C@@H]1F)N1C[C@H]2CCC1CNC2. The Morgan fingerprint density at radius 1 is 1.33 bits per heavy atom. The number of hydrogen-bond donors (Lipinski definition) is 1. The Balaban J connectivity index is 1.72. The third kappa shape index (κ3) is 1.65. The maximum atomic E-state index is 12.9. The van der Waals surface area contributed by atoms with Gasteiger partial charge in [-0.2, -0.15) is 0 Å². The van der Waals surface area contributed by atoms with Crippen molar-refractivity contribution in [2.75, 3.05) is 19.6 Å². The molecule has 3 heterocycles. The summed E-state index contributed by atoms with van der Waals surface area (Å²) in [6, 6.07) is 0.323. The summed E-state index contributed by atoms with van der Waals surface area (Å²) in [5, 5.41) is 3.38. The Hall–Kier alpha value is -0.640. The van der Waals surface area contributed by atoms with Gasteiger partial charge in [-0.1, -0.05) is 0 Å². The molecular weight excluding hydrogens is 195 g/mol. The highest BCUT2D eigenvalue weighted by Gasteiger charge is 2.48. The number of fused-ring (bicyclic) bond motifs is 4. The zero-order valence-corrected chi connectivity index (χ0v) is 8.79. The maximum absolute atomic E-state index is 12.9. The first-order chi connectivity index (χ1) is 7.25. The first-order valence-electron chi connectivity index (χ1n) is 5.91. The molecule has 4 rings (SSSR count). The van der Waals surface area contributed by atoms with Gasteiger partial charge in [0, 0.05) is 19.1 Å². The topological polar surface area (TPSA) is 32.3 Å². The number of rotatable bonds is 1. The number of amides is 1. The Labute approximate surface area is 89.0 Å². The quantitative estimate of drug-likeness (QED) is 0.688. The van der Waals surface area contributed by atoms with Crippen molar-refractivity contribution >= 4 is 5.91 Å². The lowest BCUT2D eigenvalue weighted by atomic mass is 9.94. The number of nitrogens with zero attached hydrogens (tertiary/aromatic N) is 1. The van der Waals surface area contributed by atoms with Crippen LogP contribution >= 0.6 is 0 Å². The van der Waals surface area contributed by atoms with Crippen molar-refractivity contribution < 1.29 is 9.18 Å². The summed E-state index contributed by atoms with van der Waals surface area (Å²) < 4.78 is 12.9. The molecule has 0 aromatic rings. The molecule has 1 saturated carbocycles. The van der Waals surface area contributed by atoms with Gasteiger partial charge in [-0.15, -0.1) is 0 Å². The number of alkyl halides is 1. The third-order valence-corrected chi connectivity index (χ3v) is 3.93. The smallest absolute Gasteiger partial charge is 0.229 e. The predicted molar refractivity (Wildman–Crippen MR) is 54.1 cm³/mol. The molecule has 0 aromatic carbocycles. The van der Waals surface area contributed by atoms with Gasteiger partial charge in [0.15, 0.2) is 0 Å². The lowest BCUT2D eigenvalue weighted by molar-refractivity contribution is -0.137. The molecule has 0 spiro atoms. The fourth-order valence-corrected chi connectivity index (χ4v) is 2.84. The Bertz CT molecular complexity index is 280. The number of piperidine rings is 1. The molecule has 0 aromatic heterocycles. The van der Waals surface area contributed by atoms with Crippen molar-refractivity contribution in [2.24, 2.45) is 11.8 Å². The van der Waals surface area contributed by atoms with Crippen molar-refractivity contribution in [1.29, 1.82) is 0 Å². The van der Waals surface area contributed by atoms with Crippen LogP contribution in [0.2, 0.25) is 0 Å². The van der Waals surface area contributed by atoms with Crippen LogP contribution in [-0.2, 0) is 4.79 Å². The average molecular weight is 212 g/mol. The van der Waals surface area contributed by atoms with Gasteiger partial charge in [-0.25, -0.2) is 4.39 Å². The molecule has 15 heavy (non-hydrogen) atoms. The second-order valence-electron chi connectivity index (χ2n) is 5.10. The molecule has 3 saturated heterocycles. The lowest BCUT2D eigenvalue weighted by Gasteiger charge is -2.36. The molecule has 2 bridgehead atoms. The minimum atomic E-state index is -0.854. The third-order valence-electron chi connectivity index (χ3n) is 3.93. The van der Waals surface area contributed by atoms with Crippen LogP contribution in [0.25, 0.3) is 0 Å². The molecule has 2 unspecified atom stereocenters. The van der Waals surface area contributed by atoms with E-state index in [1.165, 1.54) is 6.42 Å². The second kappa shape index (κ2) is 3.44. The lowest BCUT2D eigenvalue weighted by Crippen LogP contribution is -2.48. The second-order valence-corrected chi connectivity index (χ2v) is 5.10. The Kier molecular flexibility index (Phi) is 2.20. The fraction of sp³-hybridized carbons (Fsp3) is 0.909. The van der Waals surface area contributed by atoms with Crippen molar-refractivity contribution in [3.05, 3.63) is 0 Å². The summed E-state index contributed by atoms with van der Waals surface area (Å²) in [5.74, 6) is 0.356. The van der Waals surface area contributed by atoms with Gasteiger partial charge in [0.25, 0.3) is 0 Å². The van der Waals surface area contributed by atoms with E-state index in [9.17, 15) is 9.18 Å². The maximum Gasteiger partial charge on any atom is 0.229 e. The standard InChI is InChI=1S/C11H17FN2O/c12-10-3-9(10)11(15)14-6-7-1-2-8(14)5-13-4-7/h7-10,13H,1-6H2/t7-,8?,9?,10-/m0/s1. The number of carbonyl (C=O) groups excluding carboxylic acids is 1. The van der Waals surface area contributed by atoms with Gasteiger partial charge in [0.1, 0.15) is 6.17 Å². The van der Waals surface area contributed by atoms with E-state index in [0.717, 1.165) is 26.1 Å². The minimum Gasteiger partial charge on any atom is -0.338 e.